The minimum atomic E-state index is -1.73. The molecular formula is C20H30O5Si. The highest BCUT2D eigenvalue weighted by Gasteiger charge is 2.56. The Bertz CT molecular complexity index is 609. The third-order valence-corrected chi connectivity index (χ3v) is 8.33. The normalized spacial score (nSPS) is 41.9. The van der Waals surface area contributed by atoms with Gasteiger partial charge in [0.25, 0.3) is 0 Å². The summed E-state index contributed by atoms with van der Waals surface area (Å²) in [7, 11) is -0.00921. The van der Waals surface area contributed by atoms with Gasteiger partial charge in [-0.3, -0.25) is 0 Å². The molecule has 26 heavy (non-hydrogen) atoms. The molecule has 3 aliphatic heterocycles. The number of rotatable bonds is 3. The van der Waals surface area contributed by atoms with Crippen LogP contribution in [0.25, 0.3) is 0 Å². The molecule has 0 unspecified atom stereocenters. The maximum atomic E-state index is 6.51. The van der Waals surface area contributed by atoms with Crippen molar-refractivity contribution in [1.82, 2.24) is 0 Å². The first-order chi connectivity index (χ1) is 12.5. The van der Waals surface area contributed by atoms with Crippen molar-refractivity contribution in [2.45, 2.75) is 63.4 Å². The molecule has 4 rings (SSSR count). The maximum Gasteiger partial charge on any atom is 0.187 e. The SMILES string of the molecule is CC[C@@H]1O[Si](C)(C)C[C@@H]2[C@@H]3O[C@H](c4ccccc4)OC[C@H]3O[C@H](OC)[C@@H]21. The summed E-state index contributed by atoms with van der Waals surface area (Å²) in [6, 6.07) is 11.2. The molecule has 0 radical (unpaired) electrons. The minimum absolute atomic E-state index is 0.0232. The molecule has 144 valence electrons. The second-order valence-electron chi connectivity index (χ2n) is 8.22. The third-order valence-electron chi connectivity index (χ3n) is 5.93. The third kappa shape index (κ3) is 3.39. The smallest absolute Gasteiger partial charge is 0.187 e. The molecule has 3 heterocycles. The zero-order valence-electron chi connectivity index (χ0n) is 16.1. The zero-order valence-corrected chi connectivity index (χ0v) is 17.1. The van der Waals surface area contributed by atoms with Gasteiger partial charge in [0.2, 0.25) is 0 Å². The molecule has 3 fully saturated rings. The highest BCUT2D eigenvalue weighted by atomic mass is 28.4. The van der Waals surface area contributed by atoms with Gasteiger partial charge in [0, 0.05) is 18.6 Å². The maximum absolute atomic E-state index is 6.51. The van der Waals surface area contributed by atoms with Crippen LogP contribution >= 0.6 is 0 Å². The van der Waals surface area contributed by atoms with E-state index >= 15 is 0 Å². The molecule has 0 bridgehead atoms. The van der Waals surface area contributed by atoms with Crippen LogP contribution in [-0.2, 0) is 23.4 Å². The van der Waals surface area contributed by atoms with E-state index in [1.807, 2.05) is 18.2 Å². The Hall–Kier alpha value is -0.763. The van der Waals surface area contributed by atoms with Crippen LogP contribution in [0.15, 0.2) is 30.3 Å². The summed E-state index contributed by atoms with van der Waals surface area (Å²) in [6.07, 6.45) is 0.501. The van der Waals surface area contributed by atoms with Crippen molar-refractivity contribution in [2.24, 2.45) is 11.8 Å². The van der Waals surface area contributed by atoms with Gasteiger partial charge in [0.1, 0.15) is 6.10 Å². The second kappa shape index (κ2) is 7.34. The number of ether oxygens (including phenoxy) is 4. The standard InChI is InChI=1S/C20H30O5Si/c1-5-15-17-14(12-26(3,4)25-15)18-16(23-20(17)21-2)11-22-19(24-18)13-9-7-6-8-10-13/h6-10,14-20H,5,11-12H2,1-4H3/t14-,15-,16+,17-,18-,19+,20-/m0/s1. The topological polar surface area (TPSA) is 46.2 Å². The molecule has 1 aromatic carbocycles. The van der Waals surface area contributed by atoms with Crippen LogP contribution in [0.1, 0.15) is 25.2 Å². The minimum Gasteiger partial charge on any atom is -0.414 e. The first kappa shape index (κ1) is 18.6. The first-order valence-corrected chi connectivity index (χ1v) is 12.8. The molecule has 0 amide bonds. The molecule has 0 saturated carbocycles. The Balaban J connectivity index is 1.62. The van der Waals surface area contributed by atoms with Crippen LogP contribution in [0.4, 0.5) is 0 Å². The fourth-order valence-electron chi connectivity index (χ4n) is 4.88. The summed E-state index contributed by atoms with van der Waals surface area (Å²) in [5.74, 6) is 0.593. The number of hydrogen-bond donors (Lipinski definition) is 0. The van der Waals surface area contributed by atoms with Gasteiger partial charge in [0.15, 0.2) is 20.9 Å². The summed E-state index contributed by atoms with van der Waals surface area (Å²) in [4.78, 5) is 0. The predicted molar refractivity (Wildman–Crippen MR) is 100 cm³/mol. The van der Waals surface area contributed by atoms with E-state index in [1.165, 1.54) is 0 Å². The van der Waals surface area contributed by atoms with Crippen molar-refractivity contribution < 1.29 is 23.4 Å². The van der Waals surface area contributed by atoms with Crippen LogP contribution < -0.4 is 0 Å². The molecule has 6 heteroatoms. The summed E-state index contributed by atoms with van der Waals surface area (Å²) < 4.78 is 31.0. The lowest BCUT2D eigenvalue weighted by molar-refractivity contribution is -0.350. The summed E-state index contributed by atoms with van der Waals surface area (Å²) >= 11 is 0. The Morgan fingerprint density at radius 3 is 2.62 bits per heavy atom. The lowest BCUT2D eigenvalue weighted by atomic mass is 9.78. The van der Waals surface area contributed by atoms with E-state index in [2.05, 4.69) is 32.2 Å². The lowest BCUT2D eigenvalue weighted by Crippen LogP contribution is -2.64. The molecule has 0 N–H and O–H groups in total. The van der Waals surface area contributed by atoms with Gasteiger partial charge < -0.3 is 23.4 Å². The highest BCUT2D eigenvalue weighted by Crippen LogP contribution is 2.48. The van der Waals surface area contributed by atoms with E-state index in [0.717, 1.165) is 18.0 Å². The van der Waals surface area contributed by atoms with Crippen molar-refractivity contribution in [2.75, 3.05) is 13.7 Å². The predicted octanol–water partition coefficient (Wildman–Crippen LogP) is 3.72. The fourth-order valence-corrected chi connectivity index (χ4v) is 7.76. The average Bonchev–Trinajstić information content (AvgIpc) is 2.66. The molecule has 0 aliphatic carbocycles. The second-order valence-corrected chi connectivity index (χ2v) is 12.4. The molecule has 3 aliphatic rings. The van der Waals surface area contributed by atoms with E-state index in [9.17, 15) is 0 Å². The monoisotopic (exact) mass is 378 g/mol. The zero-order chi connectivity index (χ0) is 18.3. The Kier molecular flexibility index (Phi) is 5.25. The summed E-state index contributed by atoms with van der Waals surface area (Å²) in [5.41, 5.74) is 1.06. The van der Waals surface area contributed by atoms with Gasteiger partial charge in [-0.25, -0.2) is 0 Å². The van der Waals surface area contributed by atoms with Gasteiger partial charge in [-0.15, -0.1) is 0 Å². The molecule has 0 spiro atoms. The average molecular weight is 379 g/mol. The molecular weight excluding hydrogens is 348 g/mol. The van der Waals surface area contributed by atoms with Crippen molar-refractivity contribution in [3.8, 4) is 0 Å². The number of methoxy groups -OCH3 is 1. The first-order valence-electron chi connectivity index (χ1n) is 9.70. The van der Waals surface area contributed by atoms with Gasteiger partial charge in [-0.1, -0.05) is 37.3 Å². The highest BCUT2D eigenvalue weighted by molar-refractivity contribution is 6.71. The summed E-state index contributed by atoms with van der Waals surface area (Å²) in [5, 5.41) is 0. The number of benzene rings is 1. The molecule has 5 nitrogen and oxygen atoms in total. The van der Waals surface area contributed by atoms with Crippen molar-refractivity contribution in [1.29, 1.82) is 0 Å². The van der Waals surface area contributed by atoms with Crippen molar-refractivity contribution >= 4 is 8.32 Å². The van der Waals surface area contributed by atoms with Crippen LogP contribution in [0, 0.1) is 11.8 Å². The van der Waals surface area contributed by atoms with E-state index < -0.39 is 8.32 Å². The van der Waals surface area contributed by atoms with Gasteiger partial charge in [-0.05, 0) is 31.5 Å². The van der Waals surface area contributed by atoms with Gasteiger partial charge >= 0.3 is 0 Å². The van der Waals surface area contributed by atoms with Crippen molar-refractivity contribution in [3.05, 3.63) is 35.9 Å². The van der Waals surface area contributed by atoms with E-state index in [-0.39, 0.29) is 36.8 Å². The van der Waals surface area contributed by atoms with Crippen molar-refractivity contribution in [3.63, 3.8) is 0 Å². The van der Waals surface area contributed by atoms with E-state index in [4.69, 9.17) is 23.4 Å². The number of hydrogen-bond acceptors (Lipinski definition) is 5. The lowest BCUT2D eigenvalue weighted by Gasteiger charge is -2.56. The van der Waals surface area contributed by atoms with Gasteiger partial charge in [-0.2, -0.15) is 0 Å². The Labute approximate surface area is 157 Å². The molecule has 7 atom stereocenters. The molecule has 1 aromatic rings. The Morgan fingerprint density at radius 2 is 1.92 bits per heavy atom. The number of fused-ring (bicyclic) bond motifs is 3. The van der Waals surface area contributed by atoms with Crippen LogP contribution in [0.3, 0.4) is 0 Å². The molecule has 0 aromatic heterocycles. The summed E-state index contributed by atoms with van der Waals surface area (Å²) in [6.45, 7) is 7.35. The van der Waals surface area contributed by atoms with Gasteiger partial charge in [0.05, 0.1) is 18.8 Å². The van der Waals surface area contributed by atoms with E-state index in [1.54, 1.807) is 7.11 Å². The van der Waals surface area contributed by atoms with Crippen LogP contribution in [0.2, 0.25) is 19.1 Å². The Morgan fingerprint density at radius 1 is 1.15 bits per heavy atom. The quantitative estimate of drug-likeness (QED) is 0.750. The van der Waals surface area contributed by atoms with Crippen LogP contribution in [-0.4, -0.2) is 46.6 Å². The van der Waals surface area contributed by atoms with Crippen LogP contribution in [0.5, 0.6) is 0 Å². The fraction of sp³-hybridized carbons (Fsp3) is 0.700. The van der Waals surface area contributed by atoms with E-state index in [0.29, 0.717) is 12.5 Å². The largest absolute Gasteiger partial charge is 0.414 e. The molecule has 3 saturated heterocycles.